The Kier molecular flexibility index (Phi) is 8.75. The summed E-state index contributed by atoms with van der Waals surface area (Å²) in [5.74, 6) is -0.669. The lowest BCUT2D eigenvalue weighted by molar-refractivity contribution is -0.110. The van der Waals surface area contributed by atoms with Gasteiger partial charge in [0.05, 0.1) is 37.5 Å². The van der Waals surface area contributed by atoms with Gasteiger partial charge in [-0.1, -0.05) is 28.6 Å². The minimum atomic E-state index is -3.74. The highest BCUT2D eigenvalue weighted by molar-refractivity contribution is 7.89. The van der Waals surface area contributed by atoms with Gasteiger partial charge in [-0.15, -0.1) is 0 Å². The molecule has 14 heteroatoms. The van der Waals surface area contributed by atoms with Crippen LogP contribution < -0.4 is 10.0 Å². The highest BCUT2D eigenvalue weighted by atomic mass is 32.2. The van der Waals surface area contributed by atoms with Crippen LogP contribution in [0.4, 0.5) is 9.52 Å². The van der Waals surface area contributed by atoms with E-state index in [-0.39, 0.29) is 28.4 Å². The lowest BCUT2D eigenvalue weighted by Crippen LogP contribution is -2.41. The van der Waals surface area contributed by atoms with Crippen LogP contribution in [0.2, 0.25) is 0 Å². The predicted molar refractivity (Wildman–Crippen MR) is 126 cm³/mol. The third-order valence-electron chi connectivity index (χ3n) is 5.36. The third kappa shape index (κ3) is 7.25. The normalized spacial score (nSPS) is 19.6. The summed E-state index contributed by atoms with van der Waals surface area (Å²) in [4.78, 5) is 24.3. The molecule has 2 aliphatic heterocycles. The van der Waals surface area contributed by atoms with Gasteiger partial charge in [0, 0.05) is 38.2 Å². The lowest BCUT2D eigenvalue weighted by atomic mass is 10.1. The maximum atomic E-state index is 13.3. The van der Waals surface area contributed by atoms with Crippen molar-refractivity contribution in [3.05, 3.63) is 41.2 Å². The Morgan fingerprint density at radius 1 is 1.23 bits per heavy atom. The number of amides is 1. The molecule has 190 valence electrons. The van der Waals surface area contributed by atoms with Crippen molar-refractivity contribution in [1.29, 1.82) is 0 Å². The Hall–Kier alpha value is -2.49. The first-order valence-electron chi connectivity index (χ1n) is 11.1. The van der Waals surface area contributed by atoms with Gasteiger partial charge in [-0.3, -0.25) is 15.0 Å². The Labute approximate surface area is 206 Å². The molecule has 2 fully saturated rings. The SMILES string of the molecule is O=C(Nc1ncc(F)s1)/C(=N/O[C@@H]1CCOC1)c1ccc(S(=O)(=O)NCCN2CCOCC2)cc1. The molecule has 1 aromatic carbocycles. The van der Waals surface area contributed by atoms with Crippen LogP contribution in [0.25, 0.3) is 0 Å². The molecule has 1 atom stereocenters. The van der Waals surface area contributed by atoms with Crippen molar-refractivity contribution in [2.45, 2.75) is 17.4 Å². The summed E-state index contributed by atoms with van der Waals surface area (Å²) < 4.78 is 51.8. The average molecular weight is 528 g/mol. The predicted octanol–water partition coefficient (Wildman–Crippen LogP) is 1.04. The molecule has 35 heavy (non-hydrogen) atoms. The molecule has 2 N–H and O–H groups in total. The zero-order valence-electron chi connectivity index (χ0n) is 18.8. The summed E-state index contributed by atoms with van der Waals surface area (Å²) in [6, 6.07) is 5.70. The van der Waals surface area contributed by atoms with Crippen LogP contribution >= 0.6 is 11.3 Å². The quantitative estimate of drug-likeness (QED) is 0.346. The summed E-state index contributed by atoms with van der Waals surface area (Å²) in [5, 5.41) is 6.00. The van der Waals surface area contributed by atoms with Crippen LogP contribution in [-0.4, -0.2) is 88.6 Å². The zero-order chi connectivity index (χ0) is 24.7. The number of aromatic nitrogens is 1. The third-order valence-corrected chi connectivity index (χ3v) is 7.53. The minimum Gasteiger partial charge on any atom is -0.389 e. The molecule has 2 aromatic rings. The number of carbonyl (C=O) groups is 1. The molecule has 2 aliphatic rings. The maximum absolute atomic E-state index is 13.3. The van der Waals surface area contributed by atoms with Gasteiger partial charge in [-0.2, -0.15) is 4.39 Å². The number of hydrogen-bond acceptors (Lipinski definition) is 10. The highest BCUT2D eigenvalue weighted by Crippen LogP contribution is 2.18. The molecule has 0 saturated carbocycles. The molecule has 4 rings (SSSR count). The first-order valence-corrected chi connectivity index (χ1v) is 13.3. The van der Waals surface area contributed by atoms with Gasteiger partial charge < -0.3 is 14.3 Å². The summed E-state index contributed by atoms with van der Waals surface area (Å²) in [6.07, 6.45) is 1.32. The van der Waals surface area contributed by atoms with E-state index in [0.29, 0.717) is 56.3 Å². The number of nitrogens with one attached hydrogen (secondary N) is 2. The van der Waals surface area contributed by atoms with Crippen molar-refractivity contribution in [2.24, 2.45) is 5.16 Å². The second kappa shape index (κ2) is 12.0. The molecule has 1 aromatic heterocycles. The largest absolute Gasteiger partial charge is 0.389 e. The van der Waals surface area contributed by atoms with Gasteiger partial charge in [0.15, 0.2) is 22.1 Å². The van der Waals surface area contributed by atoms with Crippen LogP contribution in [0.15, 0.2) is 40.5 Å². The monoisotopic (exact) mass is 527 g/mol. The van der Waals surface area contributed by atoms with Crippen molar-refractivity contribution >= 4 is 38.1 Å². The molecule has 0 unspecified atom stereocenters. The van der Waals surface area contributed by atoms with E-state index in [4.69, 9.17) is 14.3 Å². The molecule has 1 amide bonds. The number of benzene rings is 1. The van der Waals surface area contributed by atoms with Gasteiger partial charge in [-0.25, -0.2) is 18.1 Å². The van der Waals surface area contributed by atoms with Crippen molar-refractivity contribution in [3.8, 4) is 0 Å². The van der Waals surface area contributed by atoms with Crippen molar-refractivity contribution in [3.63, 3.8) is 0 Å². The van der Waals surface area contributed by atoms with E-state index in [1.54, 1.807) is 0 Å². The number of sulfonamides is 1. The Morgan fingerprint density at radius 2 is 2.00 bits per heavy atom. The molecule has 3 heterocycles. The van der Waals surface area contributed by atoms with E-state index < -0.39 is 21.1 Å². The first-order chi connectivity index (χ1) is 16.9. The molecule has 0 bridgehead atoms. The lowest BCUT2D eigenvalue weighted by Gasteiger charge is -2.26. The van der Waals surface area contributed by atoms with E-state index in [1.165, 1.54) is 24.3 Å². The van der Waals surface area contributed by atoms with Crippen LogP contribution in [0, 0.1) is 5.13 Å². The first kappa shape index (κ1) is 25.6. The van der Waals surface area contributed by atoms with Crippen LogP contribution in [0.3, 0.4) is 0 Å². The van der Waals surface area contributed by atoms with Gasteiger partial charge in [-0.05, 0) is 12.1 Å². The number of carbonyl (C=O) groups excluding carboxylic acids is 1. The fraction of sp³-hybridized carbons (Fsp3) is 0.476. The summed E-state index contributed by atoms with van der Waals surface area (Å²) >= 11 is 0.672. The topological polar surface area (TPSA) is 131 Å². The number of thiazole rings is 1. The number of hydrogen-bond donors (Lipinski definition) is 2. The second-order valence-electron chi connectivity index (χ2n) is 7.83. The van der Waals surface area contributed by atoms with Crippen molar-refractivity contribution < 1.29 is 31.9 Å². The number of nitrogens with zero attached hydrogens (tertiary/aromatic N) is 3. The molecular formula is C21H26FN5O6S2. The minimum absolute atomic E-state index is 0.0510. The fourth-order valence-electron chi connectivity index (χ4n) is 3.46. The van der Waals surface area contributed by atoms with Crippen molar-refractivity contribution in [2.75, 3.05) is 57.9 Å². The molecule has 0 aliphatic carbocycles. The number of anilines is 1. The smallest absolute Gasteiger partial charge is 0.280 e. The number of halogens is 1. The van der Waals surface area contributed by atoms with Crippen molar-refractivity contribution in [1.82, 2.24) is 14.6 Å². The van der Waals surface area contributed by atoms with Crippen LogP contribution in [0.5, 0.6) is 0 Å². The summed E-state index contributed by atoms with van der Waals surface area (Å²) in [7, 11) is -3.74. The van der Waals surface area contributed by atoms with Gasteiger partial charge in [0.1, 0.15) is 0 Å². The standard InChI is InChI=1S/C21H26FN5O6S2/c22-18-13-23-21(34-18)25-20(28)19(26-33-16-5-10-32-14-16)15-1-3-17(4-2-15)35(29,30)24-6-7-27-8-11-31-12-9-27/h1-4,13,16,24H,5-12,14H2,(H,23,25,28)/b26-19+/t16-/m1/s1. The number of oxime groups is 1. The van der Waals surface area contributed by atoms with Crippen LogP contribution in [0.1, 0.15) is 12.0 Å². The number of morpholine rings is 1. The highest BCUT2D eigenvalue weighted by Gasteiger charge is 2.22. The summed E-state index contributed by atoms with van der Waals surface area (Å²) in [5.41, 5.74) is 0.224. The molecule has 0 radical (unpaired) electrons. The number of rotatable bonds is 10. The Morgan fingerprint density at radius 3 is 2.66 bits per heavy atom. The number of ether oxygens (including phenoxy) is 2. The van der Waals surface area contributed by atoms with Gasteiger partial charge >= 0.3 is 0 Å². The summed E-state index contributed by atoms with van der Waals surface area (Å²) in [6.45, 7) is 4.54. The zero-order valence-corrected chi connectivity index (χ0v) is 20.4. The Bertz CT molecular complexity index is 1130. The van der Waals surface area contributed by atoms with E-state index in [9.17, 15) is 17.6 Å². The second-order valence-corrected chi connectivity index (χ2v) is 10.6. The van der Waals surface area contributed by atoms with E-state index >= 15 is 0 Å². The van der Waals surface area contributed by atoms with E-state index in [0.717, 1.165) is 19.3 Å². The van der Waals surface area contributed by atoms with E-state index in [1.807, 2.05) is 0 Å². The van der Waals surface area contributed by atoms with Crippen LogP contribution in [-0.2, 0) is 29.1 Å². The fourth-order valence-corrected chi connectivity index (χ4v) is 5.02. The van der Waals surface area contributed by atoms with E-state index in [2.05, 4.69) is 25.1 Å². The molecular weight excluding hydrogens is 501 g/mol. The average Bonchev–Trinajstić information content (AvgIpc) is 3.52. The molecule has 0 spiro atoms. The maximum Gasteiger partial charge on any atom is 0.280 e. The van der Waals surface area contributed by atoms with Gasteiger partial charge in [0.25, 0.3) is 5.91 Å². The molecule has 2 saturated heterocycles. The Balaban J connectivity index is 1.44. The van der Waals surface area contributed by atoms with Gasteiger partial charge in [0.2, 0.25) is 10.0 Å². The molecule has 11 nitrogen and oxygen atoms in total.